The minimum atomic E-state index is -0.670. The second-order valence-corrected chi connectivity index (χ2v) is 12.3. The van der Waals surface area contributed by atoms with E-state index in [1.54, 1.807) is 13.8 Å². The zero-order valence-electron chi connectivity index (χ0n) is 24.1. The van der Waals surface area contributed by atoms with E-state index < -0.39 is 6.10 Å². The van der Waals surface area contributed by atoms with Crippen molar-refractivity contribution in [2.45, 2.75) is 71.6 Å². The van der Waals surface area contributed by atoms with E-state index in [0.717, 1.165) is 70.4 Å². The summed E-state index contributed by atoms with van der Waals surface area (Å²) in [5, 5.41) is 13.2. The Kier molecular flexibility index (Phi) is 8.76. The smallest absolute Gasteiger partial charge is 0.255 e. The summed E-state index contributed by atoms with van der Waals surface area (Å²) in [5.74, 6) is 1.19. The number of nitrogens with zero attached hydrogens (tertiary/aromatic N) is 3. The van der Waals surface area contributed by atoms with Crippen molar-refractivity contribution in [3.05, 3.63) is 69.1 Å². The summed E-state index contributed by atoms with van der Waals surface area (Å²) in [5.41, 5.74) is 2.88. The molecule has 3 fully saturated rings. The molecular weight excluding hydrogens is 504 g/mol. The lowest BCUT2D eigenvalue weighted by molar-refractivity contribution is -0.125. The molecule has 1 aromatic carbocycles. The first kappa shape index (κ1) is 28.6. The first-order valence-corrected chi connectivity index (χ1v) is 15.0. The zero-order valence-corrected chi connectivity index (χ0v) is 24.1. The van der Waals surface area contributed by atoms with E-state index in [1.165, 1.54) is 10.6 Å². The molecular formula is C32H44N4O4. The Morgan fingerprint density at radius 1 is 1.02 bits per heavy atom. The number of fused-ring (bicyclic) bond motifs is 1. The fourth-order valence-electron chi connectivity index (χ4n) is 7.13. The Hall–Kier alpha value is -2.97. The van der Waals surface area contributed by atoms with Crippen molar-refractivity contribution in [1.29, 1.82) is 0 Å². The average molecular weight is 549 g/mol. The number of aromatic nitrogens is 1. The first-order valence-electron chi connectivity index (χ1n) is 15.0. The first-order chi connectivity index (χ1) is 19.2. The highest BCUT2D eigenvalue weighted by Gasteiger charge is 2.42. The zero-order chi connectivity index (χ0) is 28.4. The molecule has 3 unspecified atom stereocenters. The Balaban J connectivity index is 1.19. The number of aliphatic hydroxyl groups excluding tert-OH is 1. The number of amides is 2. The standard InChI is InChI=1S/C32H44N4O4/c1-21-15-29(38)36(16-22(2)37)23(3)30(21)32(40)35-19-26-17-34(18-27(26)20-35)14-13-28(24-9-5-4-6-10-24)33-31(39)25-11-7-8-12-25/h4-6,9-10,15,22,25-28,37H,7-8,11-14,16-20H2,1-3H3,(H,33,39)/t22?,26?,27?,28-/m0/s1. The van der Waals surface area contributed by atoms with Crippen LogP contribution in [0.25, 0.3) is 0 Å². The summed E-state index contributed by atoms with van der Waals surface area (Å²) < 4.78 is 1.51. The lowest BCUT2D eigenvalue weighted by atomic mass is 10.0. The van der Waals surface area contributed by atoms with Crippen LogP contribution in [-0.4, -0.2) is 70.1 Å². The minimum absolute atomic E-state index is 0.0103. The van der Waals surface area contributed by atoms with Gasteiger partial charge >= 0.3 is 0 Å². The summed E-state index contributed by atoms with van der Waals surface area (Å²) in [4.78, 5) is 43.5. The van der Waals surface area contributed by atoms with E-state index in [9.17, 15) is 19.5 Å². The summed E-state index contributed by atoms with van der Waals surface area (Å²) in [6.45, 7) is 9.69. The van der Waals surface area contributed by atoms with E-state index in [2.05, 4.69) is 22.3 Å². The molecule has 3 heterocycles. The quantitative estimate of drug-likeness (QED) is 0.502. The molecule has 2 saturated heterocycles. The molecule has 3 aliphatic rings. The Morgan fingerprint density at radius 3 is 2.30 bits per heavy atom. The predicted octanol–water partition coefficient (Wildman–Crippen LogP) is 3.29. The maximum atomic E-state index is 13.6. The molecule has 2 aliphatic heterocycles. The summed E-state index contributed by atoms with van der Waals surface area (Å²) in [6, 6.07) is 11.8. The van der Waals surface area contributed by atoms with Crippen LogP contribution in [0.2, 0.25) is 0 Å². The van der Waals surface area contributed by atoms with Gasteiger partial charge in [-0.15, -0.1) is 0 Å². The van der Waals surface area contributed by atoms with Gasteiger partial charge in [-0.3, -0.25) is 14.4 Å². The van der Waals surface area contributed by atoms with Crippen LogP contribution in [0, 0.1) is 31.6 Å². The molecule has 0 bridgehead atoms. The van der Waals surface area contributed by atoms with Gasteiger partial charge in [0.2, 0.25) is 5.91 Å². The molecule has 1 aromatic heterocycles. The third kappa shape index (κ3) is 6.18. The second-order valence-electron chi connectivity index (χ2n) is 12.3. The number of rotatable bonds is 9. The lowest BCUT2D eigenvalue weighted by Gasteiger charge is -2.26. The molecule has 0 spiro atoms. The number of hydrogen-bond donors (Lipinski definition) is 2. The molecule has 8 heteroatoms. The molecule has 0 radical (unpaired) electrons. The number of pyridine rings is 1. The second kappa shape index (κ2) is 12.3. The average Bonchev–Trinajstić information content (AvgIpc) is 3.66. The van der Waals surface area contributed by atoms with Crippen molar-refractivity contribution in [3.8, 4) is 0 Å². The number of aryl methyl sites for hydroxylation is 1. The van der Waals surface area contributed by atoms with Crippen LogP contribution in [-0.2, 0) is 11.3 Å². The maximum Gasteiger partial charge on any atom is 0.255 e. The molecule has 2 amide bonds. The van der Waals surface area contributed by atoms with Crippen LogP contribution in [0.5, 0.6) is 0 Å². The van der Waals surface area contributed by atoms with Gasteiger partial charge in [0.15, 0.2) is 0 Å². The van der Waals surface area contributed by atoms with Gasteiger partial charge in [-0.1, -0.05) is 43.2 Å². The number of carbonyl (C=O) groups excluding carboxylic acids is 2. The molecule has 8 nitrogen and oxygen atoms in total. The van der Waals surface area contributed by atoms with Crippen molar-refractivity contribution in [1.82, 2.24) is 19.7 Å². The van der Waals surface area contributed by atoms with Crippen LogP contribution in [0.1, 0.15) is 72.2 Å². The van der Waals surface area contributed by atoms with E-state index in [0.29, 0.717) is 28.7 Å². The number of aliphatic hydroxyl groups is 1. The molecule has 2 N–H and O–H groups in total. The van der Waals surface area contributed by atoms with Gasteiger partial charge in [-0.25, -0.2) is 0 Å². The Morgan fingerprint density at radius 2 is 1.68 bits per heavy atom. The predicted molar refractivity (Wildman–Crippen MR) is 155 cm³/mol. The molecule has 1 aliphatic carbocycles. The number of benzene rings is 1. The van der Waals surface area contributed by atoms with Crippen LogP contribution in [0.15, 0.2) is 41.2 Å². The number of hydrogen-bond acceptors (Lipinski definition) is 5. The summed E-state index contributed by atoms with van der Waals surface area (Å²) in [7, 11) is 0. The Labute approximate surface area is 237 Å². The third-order valence-electron chi connectivity index (χ3n) is 9.26. The fourth-order valence-corrected chi connectivity index (χ4v) is 7.13. The van der Waals surface area contributed by atoms with Gasteiger partial charge in [-0.2, -0.15) is 0 Å². The highest BCUT2D eigenvalue weighted by atomic mass is 16.3. The van der Waals surface area contributed by atoms with Crippen LogP contribution >= 0.6 is 0 Å². The monoisotopic (exact) mass is 548 g/mol. The van der Waals surface area contributed by atoms with E-state index in [4.69, 9.17) is 0 Å². The van der Waals surface area contributed by atoms with Crippen molar-refractivity contribution < 1.29 is 14.7 Å². The van der Waals surface area contributed by atoms with Crippen molar-refractivity contribution in [3.63, 3.8) is 0 Å². The largest absolute Gasteiger partial charge is 0.392 e. The molecule has 216 valence electrons. The van der Waals surface area contributed by atoms with Gasteiger partial charge in [0.05, 0.1) is 24.3 Å². The molecule has 1 saturated carbocycles. The number of carbonyl (C=O) groups is 2. The van der Waals surface area contributed by atoms with Crippen molar-refractivity contribution in [2.24, 2.45) is 17.8 Å². The SMILES string of the molecule is Cc1cc(=O)n(CC(C)O)c(C)c1C(=O)N1CC2CN(CC[C@H](NC(=O)C3CCCC3)c3ccccc3)CC2C1. The van der Waals surface area contributed by atoms with Crippen LogP contribution < -0.4 is 10.9 Å². The molecule has 40 heavy (non-hydrogen) atoms. The topological polar surface area (TPSA) is 94.9 Å². The lowest BCUT2D eigenvalue weighted by Crippen LogP contribution is -2.37. The highest BCUT2D eigenvalue weighted by molar-refractivity contribution is 5.97. The Bertz CT molecular complexity index is 1250. The fraction of sp³-hybridized carbons (Fsp3) is 0.594. The van der Waals surface area contributed by atoms with Crippen LogP contribution in [0.3, 0.4) is 0 Å². The van der Waals surface area contributed by atoms with E-state index in [1.807, 2.05) is 30.0 Å². The molecule has 2 aromatic rings. The van der Waals surface area contributed by atoms with Crippen molar-refractivity contribution >= 4 is 11.8 Å². The third-order valence-corrected chi connectivity index (χ3v) is 9.26. The van der Waals surface area contributed by atoms with E-state index in [-0.39, 0.29) is 35.9 Å². The molecule has 4 atom stereocenters. The highest BCUT2D eigenvalue weighted by Crippen LogP contribution is 2.33. The van der Waals surface area contributed by atoms with Gasteiger partial charge in [-0.05, 0) is 63.0 Å². The van der Waals surface area contributed by atoms with Gasteiger partial charge in [0, 0.05) is 50.4 Å². The van der Waals surface area contributed by atoms with Gasteiger partial charge < -0.3 is 24.8 Å². The molecule has 5 rings (SSSR count). The van der Waals surface area contributed by atoms with E-state index >= 15 is 0 Å². The summed E-state index contributed by atoms with van der Waals surface area (Å²) in [6.07, 6.45) is 4.49. The minimum Gasteiger partial charge on any atom is -0.392 e. The van der Waals surface area contributed by atoms with Crippen molar-refractivity contribution in [2.75, 3.05) is 32.7 Å². The maximum absolute atomic E-state index is 13.6. The number of nitrogens with one attached hydrogen (secondary N) is 1. The van der Waals surface area contributed by atoms with Gasteiger partial charge in [0.1, 0.15) is 0 Å². The van der Waals surface area contributed by atoms with Crippen LogP contribution in [0.4, 0.5) is 0 Å². The normalized spacial score (nSPS) is 22.9. The number of likely N-dealkylation sites (tertiary alicyclic amines) is 2. The van der Waals surface area contributed by atoms with Gasteiger partial charge in [0.25, 0.3) is 11.5 Å². The summed E-state index contributed by atoms with van der Waals surface area (Å²) >= 11 is 0.